The lowest BCUT2D eigenvalue weighted by Gasteiger charge is -2.08. The summed E-state index contributed by atoms with van der Waals surface area (Å²) in [5.74, 6) is 0.183. The molecule has 1 nitrogen and oxygen atoms in total. The summed E-state index contributed by atoms with van der Waals surface area (Å²) in [6, 6.07) is 6.02. The Morgan fingerprint density at radius 3 is 2.57 bits per heavy atom. The van der Waals surface area contributed by atoms with Gasteiger partial charge in [-0.05, 0) is 25.0 Å². The molecule has 0 bridgehead atoms. The molecule has 1 aliphatic carbocycles. The van der Waals surface area contributed by atoms with Crippen molar-refractivity contribution in [2.75, 3.05) is 0 Å². The van der Waals surface area contributed by atoms with Crippen LogP contribution in [0.4, 0.5) is 13.2 Å². The standard InChI is InChI=1S/C10H8F3O/c11-10(12,13)7-2-1-3-9(6-7)14-8-4-5-8/h1-3,8H,4-5H2. The Bertz CT molecular complexity index is 328. The minimum absolute atomic E-state index is 0.0923. The first-order chi connectivity index (χ1) is 6.55. The third kappa shape index (κ3) is 2.19. The van der Waals surface area contributed by atoms with Crippen molar-refractivity contribution in [3.8, 4) is 5.75 Å². The molecule has 2 rings (SSSR count). The molecular weight excluding hydrogens is 193 g/mol. The molecule has 0 N–H and O–H groups in total. The van der Waals surface area contributed by atoms with Crippen molar-refractivity contribution in [3.05, 3.63) is 29.8 Å². The number of rotatable bonds is 2. The lowest BCUT2D eigenvalue weighted by Crippen LogP contribution is -2.06. The van der Waals surface area contributed by atoms with Gasteiger partial charge in [-0.3, -0.25) is 0 Å². The fraction of sp³-hybridized carbons (Fsp3) is 0.400. The van der Waals surface area contributed by atoms with E-state index in [4.69, 9.17) is 4.74 Å². The average Bonchev–Trinajstić information content (AvgIpc) is 2.87. The summed E-state index contributed by atoms with van der Waals surface area (Å²) in [6.45, 7) is 0. The second kappa shape index (κ2) is 3.19. The van der Waals surface area contributed by atoms with Crippen molar-refractivity contribution in [2.45, 2.75) is 25.1 Å². The molecule has 75 valence electrons. The van der Waals surface area contributed by atoms with Crippen LogP contribution in [-0.2, 0) is 6.18 Å². The summed E-state index contributed by atoms with van der Waals surface area (Å²) < 4.78 is 41.9. The van der Waals surface area contributed by atoms with Gasteiger partial charge in [-0.15, -0.1) is 0 Å². The third-order valence-electron chi connectivity index (χ3n) is 1.89. The molecule has 1 fully saturated rings. The molecule has 1 aromatic carbocycles. The molecule has 0 heterocycles. The van der Waals surface area contributed by atoms with Crippen LogP contribution in [0.2, 0.25) is 0 Å². The molecule has 4 heteroatoms. The highest BCUT2D eigenvalue weighted by Gasteiger charge is 2.31. The second-order valence-electron chi connectivity index (χ2n) is 3.24. The predicted octanol–water partition coefficient (Wildman–Crippen LogP) is 3.05. The fourth-order valence-corrected chi connectivity index (χ4v) is 1.05. The van der Waals surface area contributed by atoms with Crippen LogP contribution in [0.5, 0.6) is 5.75 Å². The molecule has 0 atom stereocenters. The Morgan fingerprint density at radius 1 is 1.29 bits per heavy atom. The maximum Gasteiger partial charge on any atom is 0.417 e. The van der Waals surface area contributed by atoms with Crippen LogP contribution in [0.1, 0.15) is 18.4 Å². The van der Waals surface area contributed by atoms with Gasteiger partial charge in [-0.25, -0.2) is 0 Å². The Labute approximate surface area is 79.5 Å². The smallest absolute Gasteiger partial charge is 0.417 e. The van der Waals surface area contributed by atoms with Gasteiger partial charge in [0.1, 0.15) is 5.75 Å². The molecule has 1 radical (unpaired) electrons. The number of hydrogen-bond acceptors (Lipinski definition) is 1. The largest absolute Gasteiger partial charge is 0.490 e. The fourth-order valence-electron chi connectivity index (χ4n) is 1.05. The molecule has 0 aliphatic heterocycles. The topological polar surface area (TPSA) is 9.23 Å². The second-order valence-corrected chi connectivity index (χ2v) is 3.24. The zero-order chi connectivity index (χ0) is 10.2. The molecular formula is C10H8F3O. The molecule has 1 aliphatic rings. The van der Waals surface area contributed by atoms with E-state index in [9.17, 15) is 13.2 Å². The van der Waals surface area contributed by atoms with E-state index in [-0.39, 0.29) is 11.9 Å². The quantitative estimate of drug-likeness (QED) is 0.714. The molecule has 0 saturated heterocycles. The summed E-state index contributed by atoms with van der Waals surface area (Å²) >= 11 is 0. The molecule has 0 spiro atoms. The SMILES string of the molecule is FC(F)(F)c1[c]c(OC2CC2)ccc1. The van der Waals surface area contributed by atoms with E-state index in [1.165, 1.54) is 12.1 Å². The van der Waals surface area contributed by atoms with Crippen molar-refractivity contribution < 1.29 is 17.9 Å². The van der Waals surface area contributed by atoms with E-state index in [1.807, 2.05) is 0 Å². The molecule has 0 unspecified atom stereocenters. The van der Waals surface area contributed by atoms with E-state index >= 15 is 0 Å². The highest BCUT2D eigenvalue weighted by molar-refractivity contribution is 5.29. The monoisotopic (exact) mass is 201 g/mol. The van der Waals surface area contributed by atoms with Gasteiger partial charge in [0.05, 0.1) is 11.7 Å². The van der Waals surface area contributed by atoms with Gasteiger partial charge in [0, 0.05) is 6.07 Å². The minimum Gasteiger partial charge on any atom is -0.490 e. The van der Waals surface area contributed by atoms with Crippen LogP contribution in [-0.4, -0.2) is 6.10 Å². The summed E-state index contributed by atoms with van der Waals surface area (Å²) in [5.41, 5.74) is -0.782. The molecule has 0 amide bonds. The van der Waals surface area contributed by atoms with Gasteiger partial charge < -0.3 is 4.74 Å². The zero-order valence-corrected chi connectivity index (χ0v) is 7.27. The number of hydrogen-bond donors (Lipinski definition) is 0. The number of benzene rings is 1. The summed E-state index contributed by atoms with van der Waals surface area (Å²) in [6.07, 6.45) is -2.41. The maximum atomic E-state index is 12.2. The van der Waals surface area contributed by atoms with Gasteiger partial charge in [0.15, 0.2) is 0 Å². The van der Waals surface area contributed by atoms with Crippen LogP contribution in [0, 0.1) is 6.07 Å². The van der Waals surface area contributed by atoms with Gasteiger partial charge in [-0.1, -0.05) is 6.07 Å². The zero-order valence-electron chi connectivity index (χ0n) is 7.27. The van der Waals surface area contributed by atoms with E-state index in [0.29, 0.717) is 0 Å². The van der Waals surface area contributed by atoms with Crippen LogP contribution in [0.25, 0.3) is 0 Å². The van der Waals surface area contributed by atoms with E-state index in [2.05, 4.69) is 6.07 Å². The molecule has 1 saturated carbocycles. The predicted molar refractivity (Wildman–Crippen MR) is 43.9 cm³/mol. The van der Waals surface area contributed by atoms with Crippen molar-refractivity contribution in [1.82, 2.24) is 0 Å². The Morgan fingerprint density at radius 2 is 2.00 bits per heavy atom. The number of ether oxygens (including phenoxy) is 1. The molecule has 14 heavy (non-hydrogen) atoms. The Hall–Kier alpha value is -1.19. The molecule has 1 aromatic rings. The summed E-state index contributed by atoms with van der Waals surface area (Å²) in [7, 11) is 0. The van der Waals surface area contributed by atoms with Crippen LogP contribution in [0.15, 0.2) is 18.2 Å². The van der Waals surface area contributed by atoms with Crippen LogP contribution in [0.3, 0.4) is 0 Å². The van der Waals surface area contributed by atoms with Gasteiger partial charge in [0.2, 0.25) is 0 Å². The highest BCUT2D eigenvalue weighted by atomic mass is 19.4. The first-order valence-electron chi connectivity index (χ1n) is 4.32. The highest BCUT2D eigenvalue weighted by Crippen LogP contribution is 2.32. The Balaban J connectivity index is 2.17. The molecule has 0 aromatic heterocycles. The maximum absolute atomic E-state index is 12.2. The van der Waals surface area contributed by atoms with Gasteiger partial charge in [0.25, 0.3) is 0 Å². The van der Waals surface area contributed by atoms with Crippen molar-refractivity contribution in [2.24, 2.45) is 0 Å². The first-order valence-corrected chi connectivity index (χ1v) is 4.32. The Kier molecular flexibility index (Phi) is 2.13. The lowest BCUT2D eigenvalue weighted by atomic mass is 10.2. The van der Waals surface area contributed by atoms with E-state index in [0.717, 1.165) is 18.9 Å². The summed E-state index contributed by atoms with van der Waals surface area (Å²) in [5, 5.41) is 0. The lowest BCUT2D eigenvalue weighted by molar-refractivity contribution is -0.137. The average molecular weight is 201 g/mol. The van der Waals surface area contributed by atoms with Gasteiger partial charge >= 0.3 is 6.18 Å². The van der Waals surface area contributed by atoms with Crippen LogP contribution >= 0.6 is 0 Å². The van der Waals surface area contributed by atoms with Crippen LogP contribution < -0.4 is 4.74 Å². The van der Waals surface area contributed by atoms with E-state index < -0.39 is 11.7 Å². The number of halogens is 3. The number of alkyl halides is 3. The first kappa shape index (κ1) is 9.37. The van der Waals surface area contributed by atoms with Crippen molar-refractivity contribution >= 4 is 0 Å². The summed E-state index contributed by atoms with van der Waals surface area (Å²) in [4.78, 5) is 0. The minimum atomic E-state index is -4.34. The third-order valence-corrected chi connectivity index (χ3v) is 1.89. The van der Waals surface area contributed by atoms with Gasteiger partial charge in [-0.2, -0.15) is 13.2 Å². The normalized spacial score (nSPS) is 16.8. The van der Waals surface area contributed by atoms with Crippen molar-refractivity contribution in [1.29, 1.82) is 0 Å². The van der Waals surface area contributed by atoms with E-state index in [1.54, 1.807) is 0 Å². The van der Waals surface area contributed by atoms with Crippen molar-refractivity contribution in [3.63, 3.8) is 0 Å².